The van der Waals surface area contributed by atoms with Gasteiger partial charge in [-0.2, -0.15) is 0 Å². The molecule has 3 N–H and O–H groups in total. The highest BCUT2D eigenvalue weighted by atomic mass is 16.1. The fourth-order valence-corrected chi connectivity index (χ4v) is 1.77. The molecule has 0 saturated carbocycles. The van der Waals surface area contributed by atoms with E-state index in [1.54, 1.807) is 0 Å². The first-order valence-corrected chi connectivity index (χ1v) is 6.29. The predicted molar refractivity (Wildman–Crippen MR) is 75.1 cm³/mol. The van der Waals surface area contributed by atoms with Crippen molar-refractivity contribution in [3.05, 3.63) is 29.8 Å². The van der Waals surface area contributed by atoms with Gasteiger partial charge in [-0.25, -0.2) is 0 Å². The van der Waals surface area contributed by atoms with Gasteiger partial charge in [0.05, 0.1) is 0 Å². The van der Waals surface area contributed by atoms with E-state index in [0.29, 0.717) is 6.42 Å². The molecule has 0 aliphatic heterocycles. The normalized spacial score (nSPS) is 10.9. The van der Waals surface area contributed by atoms with E-state index in [2.05, 4.69) is 10.2 Å². The van der Waals surface area contributed by atoms with Gasteiger partial charge in [-0.05, 0) is 38.6 Å². The first-order valence-electron chi connectivity index (χ1n) is 6.29. The summed E-state index contributed by atoms with van der Waals surface area (Å²) in [6.07, 6.45) is 0.525. The maximum atomic E-state index is 11.5. The molecule has 1 amide bonds. The summed E-state index contributed by atoms with van der Waals surface area (Å²) in [6, 6.07) is 8.03. The highest BCUT2D eigenvalue weighted by Crippen LogP contribution is 2.08. The molecule has 0 bridgehead atoms. The minimum Gasteiger partial charge on any atom is -0.399 e. The smallest absolute Gasteiger partial charge is 0.221 e. The van der Waals surface area contributed by atoms with Crippen molar-refractivity contribution in [2.75, 3.05) is 19.3 Å². The number of carbonyl (C=O) groups is 1. The molecule has 0 unspecified atom stereocenters. The molecule has 18 heavy (non-hydrogen) atoms. The van der Waals surface area contributed by atoms with Crippen LogP contribution in [-0.4, -0.2) is 30.4 Å². The van der Waals surface area contributed by atoms with Crippen LogP contribution in [0.25, 0.3) is 0 Å². The van der Waals surface area contributed by atoms with E-state index >= 15 is 0 Å². The zero-order valence-electron chi connectivity index (χ0n) is 11.4. The number of nitrogens with zero attached hydrogens (tertiary/aromatic N) is 1. The van der Waals surface area contributed by atoms with Gasteiger partial charge in [-0.15, -0.1) is 0 Å². The Labute approximate surface area is 109 Å². The number of nitrogen functional groups attached to an aromatic ring is 1. The van der Waals surface area contributed by atoms with Gasteiger partial charge in [0.1, 0.15) is 0 Å². The van der Waals surface area contributed by atoms with Crippen LogP contribution in [0.4, 0.5) is 5.69 Å². The molecule has 4 nitrogen and oxygen atoms in total. The van der Waals surface area contributed by atoms with Crippen LogP contribution >= 0.6 is 0 Å². The highest BCUT2D eigenvalue weighted by Gasteiger charge is 2.06. The third-order valence-electron chi connectivity index (χ3n) is 2.57. The number of rotatable bonds is 6. The molecule has 0 aliphatic rings. The summed E-state index contributed by atoms with van der Waals surface area (Å²) in [5.41, 5.74) is 7.67. The number of hydrogen-bond acceptors (Lipinski definition) is 3. The minimum atomic E-state index is 0.101. The Morgan fingerprint density at radius 3 is 2.78 bits per heavy atom. The quantitative estimate of drug-likeness (QED) is 0.753. The van der Waals surface area contributed by atoms with Gasteiger partial charge < -0.3 is 16.0 Å². The Bertz CT molecular complexity index is 390. The van der Waals surface area contributed by atoms with Crippen molar-refractivity contribution in [1.82, 2.24) is 10.2 Å². The maximum absolute atomic E-state index is 11.5. The Balaban J connectivity index is 2.33. The lowest BCUT2D eigenvalue weighted by molar-refractivity contribution is -0.121. The van der Waals surface area contributed by atoms with Gasteiger partial charge in [0.25, 0.3) is 0 Å². The van der Waals surface area contributed by atoms with Crippen molar-refractivity contribution in [2.45, 2.75) is 32.9 Å². The van der Waals surface area contributed by atoms with Crippen LogP contribution < -0.4 is 11.1 Å². The fourth-order valence-electron chi connectivity index (χ4n) is 1.77. The van der Waals surface area contributed by atoms with Gasteiger partial charge in [0.2, 0.25) is 5.91 Å². The van der Waals surface area contributed by atoms with Crippen molar-refractivity contribution in [2.24, 2.45) is 0 Å². The van der Waals surface area contributed by atoms with Gasteiger partial charge in [0, 0.05) is 31.2 Å². The zero-order chi connectivity index (χ0) is 13.5. The van der Waals surface area contributed by atoms with Crippen LogP contribution in [-0.2, 0) is 11.3 Å². The molecule has 0 radical (unpaired) electrons. The molecule has 0 aromatic heterocycles. The summed E-state index contributed by atoms with van der Waals surface area (Å²) >= 11 is 0. The Morgan fingerprint density at radius 2 is 2.17 bits per heavy atom. The van der Waals surface area contributed by atoms with Crippen LogP contribution in [0.2, 0.25) is 0 Å². The standard InChI is InChI=1S/C14H23N3O/c1-11(2)16-14(18)7-8-17(3)10-12-5-4-6-13(15)9-12/h4-6,9,11H,7-8,10,15H2,1-3H3,(H,16,18). The molecule has 1 aromatic rings. The number of benzene rings is 1. The average Bonchev–Trinajstić information content (AvgIpc) is 2.25. The lowest BCUT2D eigenvalue weighted by Crippen LogP contribution is -2.33. The molecule has 0 saturated heterocycles. The average molecular weight is 249 g/mol. The molecule has 0 aliphatic carbocycles. The second-order valence-corrected chi connectivity index (χ2v) is 4.96. The molecule has 100 valence electrons. The summed E-state index contributed by atoms with van der Waals surface area (Å²) in [4.78, 5) is 13.6. The van der Waals surface area contributed by atoms with E-state index in [4.69, 9.17) is 5.73 Å². The molecule has 1 aromatic carbocycles. The summed E-state index contributed by atoms with van der Waals surface area (Å²) in [5, 5.41) is 2.89. The Hall–Kier alpha value is -1.55. The van der Waals surface area contributed by atoms with E-state index < -0.39 is 0 Å². The van der Waals surface area contributed by atoms with Gasteiger partial charge in [-0.3, -0.25) is 4.79 Å². The number of nitrogens with two attached hydrogens (primary N) is 1. The first kappa shape index (κ1) is 14.5. The number of anilines is 1. The third-order valence-corrected chi connectivity index (χ3v) is 2.57. The zero-order valence-corrected chi connectivity index (χ0v) is 11.4. The molecule has 0 heterocycles. The van der Waals surface area contributed by atoms with Crippen LogP contribution in [0.3, 0.4) is 0 Å². The molecule has 1 rings (SSSR count). The van der Waals surface area contributed by atoms with Crippen LogP contribution in [0.1, 0.15) is 25.8 Å². The largest absolute Gasteiger partial charge is 0.399 e. The van der Waals surface area contributed by atoms with E-state index in [9.17, 15) is 4.79 Å². The highest BCUT2D eigenvalue weighted by molar-refractivity contribution is 5.76. The number of nitrogens with one attached hydrogen (secondary N) is 1. The lowest BCUT2D eigenvalue weighted by Gasteiger charge is -2.17. The summed E-state index contributed by atoms with van der Waals surface area (Å²) in [7, 11) is 2.01. The minimum absolute atomic E-state index is 0.101. The second kappa shape index (κ2) is 7.01. The molecule has 0 atom stereocenters. The van der Waals surface area contributed by atoms with Gasteiger partial charge in [-0.1, -0.05) is 12.1 Å². The molecule has 0 fully saturated rings. The van der Waals surface area contributed by atoms with E-state index in [-0.39, 0.29) is 11.9 Å². The predicted octanol–water partition coefficient (Wildman–Crippen LogP) is 1.62. The lowest BCUT2D eigenvalue weighted by atomic mass is 10.2. The van der Waals surface area contributed by atoms with Crippen LogP contribution in [0.5, 0.6) is 0 Å². The summed E-state index contributed by atoms with van der Waals surface area (Å²) in [6.45, 7) is 5.48. The molecular weight excluding hydrogens is 226 g/mol. The topological polar surface area (TPSA) is 58.4 Å². The Morgan fingerprint density at radius 1 is 1.44 bits per heavy atom. The van der Waals surface area contributed by atoms with Crippen molar-refractivity contribution in [3.8, 4) is 0 Å². The van der Waals surface area contributed by atoms with Crippen molar-refractivity contribution in [1.29, 1.82) is 0 Å². The first-order chi connectivity index (χ1) is 8.47. The summed E-state index contributed by atoms with van der Waals surface area (Å²) < 4.78 is 0. The van der Waals surface area contributed by atoms with Crippen molar-refractivity contribution in [3.63, 3.8) is 0 Å². The van der Waals surface area contributed by atoms with E-state index in [1.807, 2.05) is 45.2 Å². The number of carbonyl (C=O) groups excluding carboxylic acids is 1. The summed E-state index contributed by atoms with van der Waals surface area (Å²) in [5.74, 6) is 0.101. The number of hydrogen-bond donors (Lipinski definition) is 2. The molecule has 4 heteroatoms. The fraction of sp³-hybridized carbons (Fsp3) is 0.500. The Kier molecular flexibility index (Phi) is 5.65. The molecular formula is C14H23N3O. The molecule has 0 spiro atoms. The van der Waals surface area contributed by atoms with E-state index in [0.717, 1.165) is 18.8 Å². The second-order valence-electron chi connectivity index (χ2n) is 4.96. The van der Waals surface area contributed by atoms with Crippen LogP contribution in [0, 0.1) is 0 Å². The van der Waals surface area contributed by atoms with Crippen molar-refractivity contribution < 1.29 is 4.79 Å². The van der Waals surface area contributed by atoms with Gasteiger partial charge in [0.15, 0.2) is 0 Å². The maximum Gasteiger partial charge on any atom is 0.221 e. The van der Waals surface area contributed by atoms with E-state index in [1.165, 1.54) is 5.56 Å². The van der Waals surface area contributed by atoms with Gasteiger partial charge >= 0.3 is 0 Å². The number of amides is 1. The van der Waals surface area contributed by atoms with Crippen molar-refractivity contribution >= 4 is 11.6 Å². The monoisotopic (exact) mass is 249 g/mol. The SMILES string of the molecule is CC(C)NC(=O)CCN(C)Cc1cccc(N)c1. The van der Waals surface area contributed by atoms with Crippen LogP contribution in [0.15, 0.2) is 24.3 Å². The third kappa shape index (κ3) is 5.68.